The topological polar surface area (TPSA) is 43.9 Å². The Bertz CT molecular complexity index is 569. The molecule has 0 radical (unpaired) electrons. The average molecular weight is 273 g/mol. The molecule has 0 bridgehead atoms. The fourth-order valence-corrected chi connectivity index (χ4v) is 1.81. The van der Waals surface area contributed by atoms with E-state index < -0.39 is 12.7 Å². The Hall–Kier alpha value is -1.79. The molecular formula is C12H14F3N3O. The van der Waals surface area contributed by atoms with Crippen LogP contribution >= 0.6 is 0 Å². The molecule has 2 heterocycles. The lowest BCUT2D eigenvalue weighted by Crippen LogP contribution is -2.17. The number of aryl methyl sites for hydroxylation is 1. The molecule has 4 nitrogen and oxygen atoms in total. The Kier molecular flexibility index (Phi) is 3.38. The number of rotatable bonds is 3. The summed E-state index contributed by atoms with van der Waals surface area (Å²) in [7, 11) is 0. The van der Waals surface area contributed by atoms with Gasteiger partial charge in [0.25, 0.3) is 0 Å². The van der Waals surface area contributed by atoms with Gasteiger partial charge in [-0.25, -0.2) is 4.98 Å². The lowest BCUT2D eigenvalue weighted by Gasteiger charge is -2.04. The quantitative estimate of drug-likeness (QED) is 0.859. The highest BCUT2D eigenvalue weighted by molar-refractivity contribution is 5.50. The summed E-state index contributed by atoms with van der Waals surface area (Å²) in [6, 6.07) is 0. The standard InChI is InChI=1S/C12H14F3N3O/c1-7(2)10-8(3)17-11(19-10)9-4-16-18(5-9)6-12(13,14)15/h4-5,7H,6H2,1-3H3. The van der Waals surface area contributed by atoms with Gasteiger partial charge in [0.1, 0.15) is 12.3 Å². The molecule has 0 saturated heterocycles. The summed E-state index contributed by atoms with van der Waals surface area (Å²) in [5, 5.41) is 3.66. The molecule has 0 unspecified atom stereocenters. The largest absolute Gasteiger partial charge is 0.441 e. The molecule has 0 N–H and O–H groups in total. The van der Waals surface area contributed by atoms with Crippen LogP contribution in [0.25, 0.3) is 11.5 Å². The smallest absolute Gasteiger partial charge is 0.408 e. The highest BCUT2D eigenvalue weighted by atomic mass is 19.4. The minimum atomic E-state index is -4.29. The molecule has 2 rings (SSSR count). The van der Waals surface area contributed by atoms with Gasteiger partial charge in [0.2, 0.25) is 5.89 Å². The molecule has 2 aromatic rings. The Morgan fingerprint density at radius 2 is 2.05 bits per heavy atom. The molecule has 104 valence electrons. The lowest BCUT2D eigenvalue weighted by molar-refractivity contribution is -0.142. The van der Waals surface area contributed by atoms with Crippen molar-refractivity contribution >= 4 is 0 Å². The third kappa shape index (κ3) is 3.15. The monoisotopic (exact) mass is 273 g/mol. The van der Waals surface area contributed by atoms with Crippen molar-refractivity contribution in [2.24, 2.45) is 0 Å². The van der Waals surface area contributed by atoms with Gasteiger partial charge in [-0.1, -0.05) is 13.8 Å². The lowest BCUT2D eigenvalue weighted by atomic mass is 10.1. The fraction of sp³-hybridized carbons (Fsp3) is 0.500. The van der Waals surface area contributed by atoms with E-state index in [1.807, 2.05) is 20.8 Å². The van der Waals surface area contributed by atoms with Crippen molar-refractivity contribution in [1.29, 1.82) is 0 Å². The Balaban J connectivity index is 2.26. The Morgan fingerprint density at radius 1 is 1.37 bits per heavy atom. The molecule has 0 aliphatic rings. The van der Waals surface area contributed by atoms with Gasteiger partial charge in [0.15, 0.2) is 0 Å². The van der Waals surface area contributed by atoms with Crippen LogP contribution in [0.2, 0.25) is 0 Å². The Morgan fingerprint density at radius 3 is 2.58 bits per heavy atom. The zero-order chi connectivity index (χ0) is 14.2. The first-order valence-electron chi connectivity index (χ1n) is 5.83. The van der Waals surface area contributed by atoms with Crippen molar-refractivity contribution in [2.45, 2.75) is 39.4 Å². The molecule has 0 spiro atoms. The maximum absolute atomic E-state index is 12.2. The molecule has 7 heteroatoms. The number of nitrogens with zero attached hydrogens (tertiary/aromatic N) is 3. The summed E-state index contributed by atoms with van der Waals surface area (Å²) in [4.78, 5) is 4.21. The minimum Gasteiger partial charge on any atom is -0.441 e. The van der Waals surface area contributed by atoms with E-state index in [4.69, 9.17) is 4.42 Å². The van der Waals surface area contributed by atoms with Gasteiger partial charge in [-0.2, -0.15) is 18.3 Å². The van der Waals surface area contributed by atoms with Crippen LogP contribution in [-0.2, 0) is 6.54 Å². The molecule has 2 aromatic heterocycles. The maximum atomic E-state index is 12.2. The second kappa shape index (κ2) is 4.71. The summed E-state index contributed by atoms with van der Waals surface area (Å²) in [6.07, 6.45) is -1.69. The molecule has 0 aliphatic carbocycles. The van der Waals surface area contributed by atoms with E-state index in [2.05, 4.69) is 10.1 Å². The van der Waals surface area contributed by atoms with Gasteiger partial charge in [0.05, 0.1) is 17.5 Å². The fourth-order valence-electron chi connectivity index (χ4n) is 1.81. The van der Waals surface area contributed by atoms with Crippen LogP contribution in [0.4, 0.5) is 13.2 Å². The van der Waals surface area contributed by atoms with Crippen molar-refractivity contribution < 1.29 is 17.6 Å². The summed E-state index contributed by atoms with van der Waals surface area (Å²) in [5.41, 5.74) is 1.19. The second-order valence-corrected chi connectivity index (χ2v) is 4.67. The first kappa shape index (κ1) is 13.6. The summed E-state index contributed by atoms with van der Waals surface area (Å²) in [6.45, 7) is 4.61. The van der Waals surface area contributed by atoms with Crippen molar-refractivity contribution in [3.8, 4) is 11.5 Å². The van der Waals surface area contributed by atoms with Gasteiger partial charge in [0, 0.05) is 12.1 Å². The van der Waals surface area contributed by atoms with Crippen molar-refractivity contribution in [3.63, 3.8) is 0 Å². The molecule has 19 heavy (non-hydrogen) atoms. The van der Waals surface area contributed by atoms with Crippen LogP contribution in [0.3, 0.4) is 0 Å². The number of hydrogen-bond acceptors (Lipinski definition) is 3. The third-order valence-electron chi connectivity index (χ3n) is 2.58. The minimum absolute atomic E-state index is 0.173. The summed E-state index contributed by atoms with van der Waals surface area (Å²) in [5.74, 6) is 1.21. The molecule has 0 saturated carbocycles. The number of halogens is 3. The molecule has 0 aliphatic heterocycles. The van der Waals surface area contributed by atoms with Gasteiger partial charge in [-0.05, 0) is 6.92 Å². The van der Waals surface area contributed by atoms with E-state index >= 15 is 0 Å². The van der Waals surface area contributed by atoms with Gasteiger partial charge in [-0.3, -0.25) is 4.68 Å². The highest BCUT2D eigenvalue weighted by Crippen LogP contribution is 2.26. The van der Waals surface area contributed by atoms with Crippen LogP contribution in [0.5, 0.6) is 0 Å². The van der Waals surface area contributed by atoms with Crippen LogP contribution < -0.4 is 0 Å². The van der Waals surface area contributed by atoms with Crippen LogP contribution in [0.1, 0.15) is 31.2 Å². The van der Waals surface area contributed by atoms with Crippen LogP contribution in [0, 0.1) is 6.92 Å². The highest BCUT2D eigenvalue weighted by Gasteiger charge is 2.28. The van der Waals surface area contributed by atoms with E-state index in [-0.39, 0.29) is 5.92 Å². The Labute approximate surface area is 108 Å². The third-order valence-corrected chi connectivity index (χ3v) is 2.58. The van der Waals surface area contributed by atoms with E-state index in [1.165, 1.54) is 12.4 Å². The number of aromatic nitrogens is 3. The van der Waals surface area contributed by atoms with Gasteiger partial charge >= 0.3 is 6.18 Å². The van der Waals surface area contributed by atoms with Gasteiger partial charge < -0.3 is 4.42 Å². The second-order valence-electron chi connectivity index (χ2n) is 4.67. The zero-order valence-electron chi connectivity index (χ0n) is 10.8. The van der Waals surface area contributed by atoms with Crippen molar-refractivity contribution in [3.05, 3.63) is 23.8 Å². The van der Waals surface area contributed by atoms with Crippen LogP contribution in [-0.4, -0.2) is 20.9 Å². The van der Waals surface area contributed by atoms with Crippen molar-refractivity contribution in [1.82, 2.24) is 14.8 Å². The normalized spacial score (nSPS) is 12.4. The molecule has 0 fully saturated rings. The first-order chi connectivity index (χ1) is 8.76. The van der Waals surface area contributed by atoms with Crippen molar-refractivity contribution in [2.75, 3.05) is 0 Å². The van der Waals surface area contributed by atoms with Gasteiger partial charge in [-0.15, -0.1) is 0 Å². The van der Waals surface area contributed by atoms with E-state index in [0.717, 1.165) is 16.1 Å². The molecule has 0 aromatic carbocycles. The van der Waals surface area contributed by atoms with E-state index in [0.29, 0.717) is 11.5 Å². The predicted octanol–water partition coefficient (Wildman–Crippen LogP) is 3.53. The summed E-state index contributed by atoms with van der Waals surface area (Å²) < 4.78 is 43.1. The molecule has 0 amide bonds. The molecule has 0 atom stereocenters. The number of alkyl halides is 3. The molecular weight excluding hydrogens is 259 g/mol. The van der Waals surface area contributed by atoms with E-state index in [9.17, 15) is 13.2 Å². The number of hydrogen-bond donors (Lipinski definition) is 0. The first-order valence-corrected chi connectivity index (χ1v) is 5.83. The average Bonchev–Trinajstić information content (AvgIpc) is 2.82. The van der Waals surface area contributed by atoms with Crippen LogP contribution in [0.15, 0.2) is 16.8 Å². The zero-order valence-corrected chi connectivity index (χ0v) is 10.8. The SMILES string of the molecule is Cc1nc(-c2cnn(CC(F)(F)F)c2)oc1C(C)C. The van der Waals surface area contributed by atoms with E-state index in [1.54, 1.807) is 0 Å². The predicted molar refractivity (Wildman–Crippen MR) is 62.6 cm³/mol. The number of oxazole rings is 1. The maximum Gasteiger partial charge on any atom is 0.408 e. The summed E-state index contributed by atoms with van der Waals surface area (Å²) >= 11 is 0.